The highest BCUT2D eigenvalue weighted by molar-refractivity contribution is 7.11. The smallest absolute Gasteiger partial charge is 0.107 e. The van der Waals surface area contributed by atoms with Gasteiger partial charge >= 0.3 is 0 Å². The van der Waals surface area contributed by atoms with Crippen LogP contribution < -0.4 is 10.6 Å². The van der Waals surface area contributed by atoms with Crippen molar-refractivity contribution in [2.24, 2.45) is 0 Å². The van der Waals surface area contributed by atoms with Crippen LogP contribution in [0.25, 0.3) is 0 Å². The summed E-state index contributed by atoms with van der Waals surface area (Å²) in [6.07, 6.45) is 8.64. The molecule has 3 nitrogen and oxygen atoms in total. The minimum atomic E-state index is 0.781. The van der Waals surface area contributed by atoms with E-state index in [0.717, 1.165) is 32.1 Å². The molecule has 2 rings (SSSR count). The van der Waals surface area contributed by atoms with Gasteiger partial charge in [0.25, 0.3) is 0 Å². The molecule has 1 saturated carbocycles. The molecule has 4 heteroatoms. The van der Waals surface area contributed by atoms with Crippen LogP contribution >= 0.6 is 11.3 Å². The molecule has 0 unspecified atom stereocenters. The molecule has 1 aliphatic rings. The number of hydrogen-bond donors (Lipinski definition) is 2. The monoisotopic (exact) mass is 253 g/mol. The van der Waals surface area contributed by atoms with Crippen molar-refractivity contribution in [2.75, 3.05) is 13.1 Å². The van der Waals surface area contributed by atoms with Crippen LogP contribution in [0.1, 0.15) is 42.5 Å². The van der Waals surface area contributed by atoms with Gasteiger partial charge in [0.2, 0.25) is 0 Å². The molecule has 2 N–H and O–H groups in total. The fourth-order valence-electron chi connectivity index (χ4n) is 2.28. The van der Waals surface area contributed by atoms with E-state index in [0.29, 0.717) is 0 Å². The molecule has 0 aromatic carbocycles. The first-order chi connectivity index (χ1) is 8.38. The zero-order valence-corrected chi connectivity index (χ0v) is 11.5. The van der Waals surface area contributed by atoms with Gasteiger partial charge in [0.1, 0.15) is 5.01 Å². The molecule has 0 saturated heterocycles. The Morgan fingerprint density at radius 2 is 2.18 bits per heavy atom. The van der Waals surface area contributed by atoms with Crippen molar-refractivity contribution in [1.29, 1.82) is 0 Å². The van der Waals surface area contributed by atoms with Gasteiger partial charge in [-0.15, -0.1) is 11.3 Å². The summed E-state index contributed by atoms with van der Waals surface area (Å²) in [5.74, 6) is 0. The second-order valence-corrected chi connectivity index (χ2v) is 5.89. The quantitative estimate of drug-likeness (QED) is 0.732. The molecule has 1 heterocycles. The SMILES string of the molecule is CCc1cnc(CNCCNC2CCCC2)s1. The minimum Gasteiger partial charge on any atom is -0.313 e. The van der Waals surface area contributed by atoms with Crippen molar-refractivity contribution in [1.82, 2.24) is 15.6 Å². The Balaban J connectivity index is 1.53. The van der Waals surface area contributed by atoms with Crippen LogP contribution in [-0.2, 0) is 13.0 Å². The molecule has 1 aromatic rings. The van der Waals surface area contributed by atoms with Gasteiger partial charge in [-0.1, -0.05) is 19.8 Å². The van der Waals surface area contributed by atoms with E-state index in [1.54, 1.807) is 0 Å². The molecule has 0 radical (unpaired) electrons. The highest BCUT2D eigenvalue weighted by Crippen LogP contribution is 2.17. The number of aromatic nitrogens is 1. The maximum Gasteiger partial charge on any atom is 0.107 e. The number of hydrogen-bond acceptors (Lipinski definition) is 4. The third kappa shape index (κ3) is 4.37. The van der Waals surface area contributed by atoms with Crippen LogP contribution in [0.5, 0.6) is 0 Å². The maximum atomic E-state index is 4.40. The second kappa shape index (κ2) is 7.09. The maximum absolute atomic E-state index is 4.40. The van der Waals surface area contributed by atoms with Crippen LogP contribution in [0.2, 0.25) is 0 Å². The molecule has 1 fully saturated rings. The summed E-state index contributed by atoms with van der Waals surface area (Å²) in [7, 11) is 0. The summed E-state index contributed by atoms with van der Waals surface area (Å²) < 4.78 is 0. The van der Waals surface area contributed by atoms with Crippen molar-refractivity contribution < 1.29 is 0 Å². The van der Waals surface area contributed by atoms with Gasteiger partial charge in [-0.2, -0.15) is 0 Å². The van der Waals surface area contributed by atoms with Crippen molar-refractivity contribution in [2.45, 2.75) is 51.6 Å². The lowest BCUT2D eigenvalue weighted by molar-refractivity contribution is 0.509. The summed E-state index contributed by atoms with van der Waals surface area (Å²) >= 11 is 1.82. The van der Waals surface area contributed by atoms with Gasteiger partial charge in [-0.25, -0.2) is 4.98 Å². The van der Waals surface area contributed by atoms with E-state index in [2.05, 4.69) is 22.5 Å². The molecule has 0 atom stereocenters. The Hall–Kier alpha value is -0.450. The van der Waals surface area contributed by atoms with Crippen molar-refractivity contribution >= 4 is 11.3 Å². The van der Waals surface area contributed by atoms with Crippen LogP contribution in [-0.4, -0.2) is 24.1 Å². The summed E-state index contributed by atoms with van der Waals surface area (Å²) in [5, 5.41) is 8.26. The zero-order chi connectivity index (χ0) is 11.9. The molecule has 1 aliphatic carbocycles. The molecule has 0 spiro atoms. The molecule has 0 bridgehead atoms. The number of nitrogens with zero attached hydrogens (tertiary/aromatic N) is 1. The Kier molecular flexibility index (Phi) is 5.42. The number of aryl methyl sites for hydroxylation is 1. The third-order valence-electron chi connectivity index (χ3n) is 3.32. The van der Waals surface area contributed by atoms with Crippen molar-refractivity contribution in [3.63, 3.8) is 0 Å². The van der Waals surface area contributed by atoms with E-state index < -0.39 is 0 Å². The lowest BCUT2D eigenvalue weighted by atomic mass is 10.2. The summed E-state index contributed by atoms with van der Waals surface area (Å²) in [4.78, 5) is 5.78. The van der Waals surface area contributed by atoms with E-state index in [1.165, 1.54) is 35.6 Å². The Morgan fingerprint density at radius 3 is 2.88 bits per heavy atom. The Bertz CT molecular complexity index is 318. The molecule has 1 aromatic heterocycles. The van der Waals surface area contributed by atoms with Crippen LogP contribution in [0, 0.1) is 0 Å². The van der Waals surface area contributed by atoms with Crippen LogP contribution in [0.15, 0.2) is 6.20 Å². The molecule has 17 heavy (non-hydrogen) atoms. The standard InChI is InChI=1S/C13H23N3S/c1-2-12-9-16-13(17-12)10-14-7-8-15-11-5-3-4-6-11/h9,11,14-15H,2-8,10H2,1H3. The zero-order valence-electron chi connectivity index (χ0n) is 10.7. The van der Waals surface area contributed by atoms with Crippen LogP contribution in [0.3, 0.4) is 0 Å². The highest BCUT2D eigenvalue weighted by Gasteiger charge is 2.13. The first-order valence-electron chi connectivity index (χ1n) is 6.76. The Labute approximate surface area is 108 Å². The van der Waals surface area contributed by atoms with Gasteiger partial charge in [0.05, 0.1) is 0 Å². The average Bonchev–Trinajstić information content (AvgIpc) is 2.99. The third-order valence-corrected chi connectivity index (χ3v) is 4.46. The predicted molar refractivity (Wildman–Crippen MR) is 73.5 cm³/mol. The fraction of sp³-hybridized carbons (Fsp3) is 0.769. The average molecular weight is 253 g/mol. The Morgan fingerprint density at radius 1 is 1.35 bits per heavy atom. The number of thiazole rings is 1. The first-order valence-corrected chi connectivity index (χ1v) is 7.58. The van der Waals surface area contributed by atoms with Gasteiger partial charge in [-0.3, -0.25) is 0 Å². The largest absolute Gasteiger partial charge is 0.313 e. The normalized spacial score (nSPS) is 16.8. The van der Waals surface area contributed by atoms with Gasteiger partial charge in [-0.05, 0) is 19.3 Å². The van der Waals surface area contributed by atoms with Gasteiger partial charge in [0, 0.05) is 36.8 Å². The fourth-order valence-corrected chi connectivity index (χ4v) is 3.12. The van der Waals surface area contributed by atoms with Crippen LogP contribution in [0.4, 0.5) is 0 Å². The van der Waals surface area contributed by atoms with E-state index >= 15 is 0 Å². The number of rotatable bonds is 7. The summed E-state index contributed by atoms with van der Waals surface area (Å²) in [5.41, 5.74) is 0. The van der Waals surface area contributed by atoms with Crippen molar-refractivity contribution in [3.05, 3.63) is 16.1 Å². The summed E-state index contributed by atoms with van der Waals surface area (Å²) in [6.45, 7) is 5.21. The van der Waals surface area contributed by atoms with Crippen molar-refractivity contribution in [3.8, 4) is 0 Å². The number of nitrogens with one attached hydrogen (secondary N) is 2. The van der Waals surface area contributed by atoms with E-state index in [-0.39, 0.29) is 0 Å². The molecule has 0 aliphatic heterocycles. The first kappa shape index (κ1) is 13.0. The van der Waals surface area contributed by atoms with E-state index in [4.69, 9.17) is 0 Å². The molecular weight excluding hydrogens is 230 g/mol. The van der Waals surface area contributed by atoms with E-state index in [9.17, 15) is 0 Å². The summed E-state index contributed by atoms with van der Waals surface area (Å²) in [6, 6.07) is 0.781. The lowest BCUT2D eigenvalue weighted by Gasteiger charge is -2.11. The van der Waals surface area contributed by atoms with Gasteiger partial charge < -0.3 is 10.6 Å². The highest BCUT2D eigenvalue weighted by atomic mass is 32.1. The topological polar surface area (TPSA) is 37.0 Å². The second-order valence-electron chi connectivity index (χ2n) is 4.69. The molecule has 0 amide bonds. The minimum absolute atomic E-state index is 0.781. The van der Waals surface area contributed by atoms with E-state index in [1.807, 2.05) is 17.5 Å². The molecule has 96 valence electrons. The predicted octanol–water partition coefficient (Wildman–Crippen LogP) is 2.33. The lowest BCUT2D eigenvalue weighted by Crippen LogP contribution is -2.33. The van der Waals surface area contributed by atoms with Gasteiger partial charge in [0.15, 0.2) is 0 Å². The molecular formula is C13H23N3S.